The van der Waals surface area contributed by atoms with Crippen molar-refractivity contribution in [2.24, 2.45) is 0 Å². The van der Waals surface area contributed by atoms with Crippen LogP contribution < -0.4 is 5.32 Å². The van der Waals surface area contributed by atoms with Crippen LogP contribution in [0.4, 0.5) is 0 Å². The summed E-state index contributed by atoms with van der Waals surface area (Å²) in [6.07, 6.45) is 2.62. The standard InChI is InChI=1S/C12H21NO4/c1-4-13-8-7-9(15-6-5-14)11-10(8)16-12(2,3)17-11/h4,8-11,13-14H,1,5-7H2,2-3H3/p+1/t8-,9+,10+,11+/m1/s1. The summed E-state index contributed by atoms with van der Waals surface area (Å²) in [5.74, 6) is -0.447. The van der Waals surface area contributed by atoms with Crippen molar-refractivity contribution in [3.8, 4) is 0 Å². The van der Waals surface area contributed by atoms with Gasteiger partial charge in [0.2, 0.25) is 6.10 Å². The molecule has 1 saturated heterocycles. The molecule has 0 aromatic carbocycles. The molecule has 0 bridgehead atoms. The zero-order valence-electron chi connectivity index (χ0n) is 10.4. The molecule has 1 saturated carbocycles. The fourth-order valence-corrected chi connectivity index (χ4v) is 2.69. The summed E-state index contributed by atoms with van der Waals surface area (Å²) in [5, 5.41) is 12.0. The third-order valence-electron chi connectivity index (χ3n) is 3.24. The molecular weight excluding hydrogens is 222 g/mol. The van der Waals surface area contributed by atoms with E-state index < -0.39 is 5.79 Å². The van der Waals surface area contributed by atoms with Crippen molar-refractivity contribution in [2.45, 2.75) is 50.4 Å². The summed E-state index contributed by atoms with van der Waals surface area (Å²) in [4.78, 5) is 0. The third-order valence-corrected chi connectivity index (χ3v) is 3.24. The van der Waals surface area contributed by atoms with Crippen molar-refractivity contribution in [3.05, 3.63) is 12.8 Å². The van der Waals surface area contributed by atoms with Gasteiger partial charge < -0.3 is 19.9 Å². The Morgan fingerprint density at radius 3 is 3.06 bits per heavy atom. The molecule has 0 radical (unpaired) electrons. The van der Waals surface area contributed by atoms with Crippen molar-refractivity contribution in [3.63, 3.8) is 0 Å². The zero-order valence-corrected chi connectivity index (χ0v) is 10.4. The number of ether oxygens (including phenoxy) is 3. The first-order valence-corrected chi connectivity index (χ1v) is 6.06. The zero-order chi connectivity index (χ0) is 12.5. The highest BCUT2D eigenvalue weighted by atomic mass is 16.8. The van der Waals surface area contributed by atoms with Gasteiger partial charge in [0.25, 0.3) is 5.79 Å². The Hall–Kier alpha value is -0.620. The van der Waals surface area contributed by atoms with Crippen LogP contribution in [0.2, 0.25) is 0 Å². The molecule has 98 valence electrons. The van der Waals surface area contributed by atoms with Gasteiger partial charge in [0.1, 0.15) is 6.10 Å². The minimum absolute atomic E-state index is 0.0198. The van der Waals surface area contributed by atoms with Crippen molar-refractivity contribution >= 4 is 0 Å². The Balaban J connectivity index is 2.03. The number of nitrogens with one attached hydrogen (secondary N) is 1. The van der Waals surface area contributed by atoms with Gasteiger partial charge in [-0.3, -0.25) is 4.74 Å². The molecule has 2 rings (SSSR count). The summed E-state index contributed by atoms with van der Waals surface area (Å²) < 4.78 is 16.2. The van der Waals surface area contributed by atoms with Crippen molar-refractivity contribution in [1.29, 1.82) is 0 Å². The second-order valence-electron chi connectivity index (χ2n) is 4.99. The van der Waals surface area contributed by atoms with Crippen LogP contribution in [0.5, 0.6) is 0 Å². The van der Waals surface area contributed by atoms with Gasteiger partial charge in [0, 0.05) is 20.3 Å². The second kappa shape index (κ2) is 4.94. The molecule has 1 aliphatic heterocycles. The first kappa shape index (κ1) is 12.8. The Morgan fingerprint density at radius 1 is 1.65 bits per heavy atom. The Kier molecular flexibility index (Phi) is 3.73. The lowest BCUT2D eigenvalue weighted by Crippen LogP contribution is -2.37. The fraction of sp³-hybridized carbons (Fsp3) is 0.833. The van der Waals surface area contributed by atoms with E-state index in [2.05, 4.69) is 16.6 Å². The van der Waals surface area contributed by atoms with Gasteiger partial charge in [-0.2, -0.15) is 0 Å². The predicted octanol–water partition coefficient (Wildman–Crippen LogP) is -0.0992. The van der Waals surface area contributed by atoms with E-state index in [1.165, 1.54) is 0 Å². The highest BCUT2D eigenvalue weighted by Gasteiger charge is 2.58. The van der Waals surface area contributed by atoms with E-state index in [0.717, 1.165) is 6.42 Å². The first-order chi connectivity index (χ1) is 8.07. The van der Waals surface area contributed by atoms with Gasteiger partial charge in [0.05, 0.1) is 19.3 Å². The average Bonchev–Trinajstić information content (AvgIpc) is 2.72. The molecule has 5 nitrogen and oxygen atoms in total. The lowest BCUT2D eigenvalue weighted by molar-refractivity contribution is -0.264. The predicted molar refractivity (Wildman–Crippen MR) is 63.5 cm³/mol. The highest BCUT2D eigenvalue weighted by Crippen LogP contribution is 2.37. The molecule has 0 aromatic heterocycles. The molecule has 2 fully saturated rings. The first-order valence-electron chi connectivity index (χ1n) is 6.06. The maximum atomic E-state index is 8.82. The van der Waals surface area contributed by atoms with Gasteiger partial charge in [-0.05, 0) is 6.20 Å². The number of hydrogen-bond donors (Lipinski definition) is 2. The van der Waals surface area contributed by atoms with Gasteiger partial charge in [0.15, 0.2) is 6.10 Å². The largest absolute Gasteiger partial charge is 0.402 e. The SMILES string of the molecule is C=CN[C@@H]1C[C@H](OCCO)[C@@H]2[OH+]C(C)(C)O[C@H]21. The van der Waals surface area contributed by atoms with Crippen molar-refractivity contribution in [1.82, 2.24) is 5.32 Å². The third kappa shape index (κ3) is 2.63. The van der Waals surface area contributed by atoms with Crippen molar-refractivity contribution in [2.75, 3.05) is 13.2 Å². The highest BCUT2D eigenvalue weighted by molar-refractivity contribution is 5.03. The minimum atomic E-state index is -0.447. The molecule has 3 N–H and O–H groups in total. The van der Waals surface area contributed by atoms with E-state index in [1.54, 1.807) is 6.20 Å². The molecule has 5 heteroatoms. The van der Waals surface area contributed by atoms with Crippen LogP contribution >= 0.6 is 0 Å². The van der Waals surface area contributed by atoms with Crippen LogP contribution in [0.1, 0.15) is 20.3 Å². The minimum Gasteiger partial charge on any atom is -0.402 e. The maximum Gasteiger partial charge on any atom is 0.269 e. The van der Waals surface area contributed by atoms with Crippen LogP contribution in [-0.2, 0) is 9.47 Å². The van der Waals surface area contributed by atoms with E-state index in [1.807, 2.05) is 13.8 Å². The molecular formula is C12H22NO4+. The molecule has 2 aliphatic rings. The Morgan fingerprint density at radius 2 is 2.41 bits per heavy atom. The van der Waals surface area contributed by atoms with Gasteiger partial charge in [-0.1, -0.05) is 6.58 Å². The molecule has 17 heavy (non-hydrogen) atoms. The molecule has 0 amide bonds. The van der Waals surface area contributed by atoms with Crippen LogP contribution in [-0.4, -0.2) is 53.2 Å². The van der Waals surface area contributed by atoms with E-state index in [-0.39, 0.29) is 31.0 Å². The average molecular weight is 244 g/mol. The molecule has 4 atom stereocenters. The van der Waals surface area contributed by atoms with Gasteiger partial charge in [-0.15, -0.1) is 0 Å². The van der Waals surface area contributed by atoms with E-state index in [9.17, 15) is 0 Å². The second-order valence-corrected chi connectivity index (χ2v) is 4.99. The number of rotatable bonds is 5. The van der Waals surface area contributed by atoms with Gasteiger partial charge in [-0.25, -0.2) is 0 Å². The number of hydrogen-bond acceptors (Lipinski definition) is 4. The lowest BCUT2D eigenvalue weighted by Gasteiger charge is -2.20. The molecule has 1 heterocycles. The lowest BCUT2D eigenvalue weighted by atomic mass is 10.2. The van der Waals surface area contributed by atoms with Gasteiger partial charge >= 0.3 is 0 Å². The monoisotopic (exact) mass is 244 g/mol. The molecule has 0 unspecified atom stereocenters. The van der Waals surface area contributed by atoms with E-state index in [0.29, 0.717) is 6.61 Å². The number of aliphatic hydroxyl groups is 3. The Bertz CT molecular complexity index is 282. The summed E-state index contributed by atoms with van der Waals surface area (Å²) >= 11 is 0. The maximum absolute atomic E-state index is 8.82. The summed E-state index contributed by atoms with van der Waals surface area (Å²) in [6, 6.07) is 0.187. The van der Waals surface area contributed by atoms with Crippen LogP contribution in [0.15, 0.2) is 12.8 Å². The van der Waals surface area contributed by atoms with E-state index >= 15 is 0 Å². The molecule has 1 aliphatic carbocycles. The quantitative estimate of drug-likeness (QED) is 0.663. The number of fused-ring (bicyclic) bond motifs is 1. The fourth-order valence-electron chi connectivity index (χ4n) is 2.69. The van der Waals surface area contributed by atoms with Crippen molar-refractivity contribution < 1.29 is 19.3 Å². The molecule has 0 spiro atoms. The van der Waals surface area contributed by atoms with E-state index in [4.69, 9.17) is 14.6 Å². The Labute approximate surface area is 102 Å². The summed E-state index contributed by atoms with van der Waals surface area (Å²) in [6.45, 7) is 7.99. The normalized spacial score (nSPS) is 39.0. The molecule has 0 aromatic rings. The smallest absolute Gasteiger partial charge is 0.269 e. The summed E-state index contributed by atoms with van der Waals surface area (Å²) in [7, 11) is 0. The van der Waals surface area contributed by atoms with Crippen LogP contribution in [0, 0.1) is 0 Å². The number of aliphatic hydroxyl groups excluding tert-OH is 1. The van der Waals surface area contributed by atoms with Crippen LogP contribution in [0.25, 0.3) is 0 Å². The summed E-state index contributed by atoms with van der Waals surface area (Å²) in [5.41, 5.74) is 0. The van der Waals surface area contributed by atoms with Crippen LogP contribution in [0.3, 0.4) is 0 Å². The topological polar surface area (TPSA) is 63.5 Å².